The molecule has 3 N–H and O–H groups in total. The summed E-state index contributed by atoms with van der Waals surface area (Å²) in [5, 5.41) is 8.29. The number of methoxy groups -OCH3 is 1. The Kier molecular flexibility index (Phi) is 4.38. The van der Waals surface area contributed by atoms with Crippen LogP contribution in [0, 0.1) is 0 Å². The van der Waals surface area contributed by atoms with Crippen molar-refractivity contribution in [1.29, 1.82) is 0 Å². The van der Waals surface area contributed by atoms with E-state index in [1.54, 1.807) is 24.5 Å². The Morgan fingerprint density at radius 3 is 2.65 bits per heavy atom. The number of ether oxygens (including phenoxy) is 1. The molecule has 3 aromatic rings. The third-order valence-electron chi connectivity index (χ3n) is 3.76. The predicted molar refractivity (Wildman–Crippen MR) is 96.2 cm³/mol. The van der Waals surface area contributed by atoms with Crippen molar-refractivity contribution in [1.82, 2.24) is 14.5 Å². The molecule has 0 bridgehead atoms. The van der Waals surface area contributed by atoms with E-state index in [2.05, 4.69) is 15.3 Å². The van der Waals surface area contributed by atoms with Crippen molar-refractivity contribution < 1.29 is 17.9 Å². The van der Waals surface area contributed by atoms with Gasteiger partial charge in [0.1, 0.15) is 11.6 Å². The van der Waals surface area contributed by atoms with E-state index in [0.717, 1.165) is 10.9 Å². The van der Waals surface area contributed by atoms with Crippen LogP contribution < -0.4 is 15.2 Å². The van der Waals surface area contributed by atoms with Crippen LogP contribution in [0.5, 0.6) is 5.75 Å². The number of carbonyl (C=O) groups is 1. The summed E-state index contributed by atoms with van der Waals surface area (Å²) in [5.74, 6) is 0.449. The molecule has 136 valence electrons. The first-order chi connectivity index (χ1) is 12.2. The van der Waals surface area contributed by atoms with E-state index in [-0.39, 0.29) is 10.9 Å². The lowest BCUT2D eigenvalue weighted by molar-refractivity contribution is -0.114. The van der Waals surface area contributed by atoms with E-state index in [1.165, 1.54) is 20.1 Å². The lowest BCUT2D eigenvalue weighted by Gasteiger charge is -2.07. The fourth-order valence-corrected chi connectivity index (χ4v) is 3.12. The number of amides is 1. The maximum absolute atomic E-state index is 11.7. The lowest BCUT2D eigenvalue weighted by atomic mass is 10.1. The van der Waals surface area contributed by atoms with Gasteiger partial charge in [-0.25, -0.2) is 23.5 Å². The standard InChI is InChI=1S/C16H17N5O4S/c1-9(22)19-15-6-11-12(8-21(2)14(11)7-18-15)13-4-10(25-3)5-16(20-13)26(17,23)24/h4-8H,1-3H3,(H2,17,23,24)(H,18,19,22). The zero-order chi connectivity index (χ0) is 19.1. The maximum atomic E-state index is 11.7. The SMILES string of the molecule is COc1cc(-c2cn(C)c3cnc(NC(C)=O)cc23)nc(S(N)(=O)=O)c1. The van der Waals surface area contributed by atoms with E-state index in [1.807, 2.05) is 11.6 Å². The number of primary sulfonamides is 1. The summed E-state index contributed by atoms with van der Waals surface area (Å²) in [6, 6.07) is 4.57. The topological polar surface area (TPSA) is 129 Å². The van der Waals surface area contributed by atoms with E-state index >= 15 is 0 Å². The molecule has 0 saturated heterocycles. The molecular formula is C16H17N5O4S. The molecule has 26 heavy (non-hydrogen) atoms. The number of hydrogen-bond acceptors (Lipinski definition) is 6. The third-order valence-corrected chi connectivity index (χ3v) is 4.55. The summed E-state index contributed by atoms with van der Waals surface area (Å²) >= 11 is 0. The first-order valence-electron chi connectivity index (χ1n) is 7.51. The molecule has 10 heteroatoms. The molecule has 0 spiro atoms. The quantitative estimate of drug-likeness (QED) is 0.706. The minimum Gasteiger partial charge on any atom is -0.497 e. The molecule has 0 fully saturated rings. The highest BCUT2D eigenvalue weighted by molar-refractivity contribution is 7.89. The molecule has 9 nitrogen and oxygen atoms in total. The van der Waals surface area contributed by atoms with Crippen LogP contribution in [0.3, 0.4) is 0 Å². The largest absolute Gasteiger partial charge is 0.497 e. The van der Waals surface area contributed by atoms with Gasteiger partial charge in [0.25, 0.3) is 10.0 Å². The summed E-state index contributed by atoms with van der Waals surface area (Å²) in [4.78, 5) is 19.6. The Labute approximate surface area is 149 Å². The van der Waals surface area contributed by atoms with Gasteiger partial charge in [0.05, 0.1) is 24.5 Å². The molecule has 0 aromatic carbocycles. The van der Waals surface area contributed by atoms with Crippen LogP contribution in [0.15, 0.2) is 35.6 Å². The van der Waals surface area contributed by atoms with Gasteiger partial charge < -0.3 is 14.6 Å². The molecule has 3 heterocycles. The molecular weight excluding hydrogens is 358 g/mol. The molecule has 0 radical (unpaired) electrons. The van der Waals surface area contributed by atoms with Crippen molar-refractivity contribution in [2.75, 3.05) is 12.4 Å². The van der Waals surface area contributed by atoms with Gasteiger partial charge in [-0.3, -0.25) is 4.79 Å². The molecule has 0 aliphatic rings. The second-order valence-electron chi connectivity index (χ2n) is 5.70. The summed E-state index contributed by atoms with van der Waals surface area (Å²) < 4.78 is 30.4. The van der Waals surface area contributed by atoms with Gasteiger partial charge >= 0.3 is 0 Å². The number of carbonyl (C=O) groups excluding carboxylic acids is 1. The number of nitrogens with one attached hydrogen (secondary N) is 1. The zero-order valence-electron chi connectivity index (χ0n) is 14.3. The number of fused-ring (bicyclic) bond motifs is 1. The molecule has 1 amide bonds. The van der Waals surface area contributed by atoms with Gasteiger partial charge in [0.2, 0.25) is 5.91 Å². The van der Waals surface area contributed by atoms with E-state index < -0.39 is 10.0 Å². The second kappa shape index (κ2) is 6.39. The summed E-state index contributed by atoms with van der Waals surface area (Å²) in [6.07, 6.45) is 3.41. The van der Waals surface area contributed by atoms with Crippen molar-refractivity contribution in [3.8, 4) is 17.0 Å². The van der Waals surface area contributed by atoms with Gasteiger partial charge in [0.15, 0.2) is 5.03 Å². The first-order valence-corrected chi connectivity index (χ1v) is 9.05. The smallest absolute Gasteiger partial charge is 0.255 e. The Hall–Kier alpha value is -2.98. The highest BCUT2D eigenvalue weighted by Gasteiger charge is 2.17. The zero-order valence-corrected chi connectivity index (χ0v) is 15.2. The highest BCUT2D eigenvalue weighted by atomic mass is 32.2. The van der Waals surface area contributed by atoms with Gasteiger partial charge in [0, 0.05) is 43.3 Å². The molecule has 3 aromatic heterocycles. The first kappa shape index (κ1) is 17.8. The molecule has 0 unspecified atom stereocenters. The lowest BCUT2D eigenvalue weighted by Crippen LogP contribution is -2.14. The van der Waals surface area contributed by atoms with Crippen LogP contribution in [0.1, 0.15) is 6.92 Å². The number of nitrogens with two attached hydrogens (primary N) is 1. The number of aromatic nitrogens is 3. The van der Waals surface area contributed by atoms with Crippen LogP contribution in [-0.2, 0) is 21.9 Å². The van der Waals surface area contributed by atoms with Gasteiger partial charge in [-0.15, -0.1) is 0 Å². The van der Waals surface area contributed by atoms with Crippen LogP contribution in [0.25, 0.3) is 22.2 Å². The van der Waals surface area contributed by atoms with Gasteiger partial charge in [-0.2, -0.15) is 0 Å². The molecule has 0 aliphatic carbocycles. The number of anilines is 1. The summed E-state index contributed by atoms with van der Waals surface area (Å²) in [7, 11) is -0.753. The Morgan fingerprint density at radius 2 is 2.04 bits per heavy atom. The average Bonchev–Trinajstić information content (AvgIpc) is 2.89. The van der Waals surface area contributed by atoms with Crippen molar-refractivity contribution in [2.45, 2.75) is 11.9 Å². The molecule has 0 atom stereocenters. The van der Waals surface area contributed by atoms with E-state index in [0.29, 0.717) is 22.8 Å². The van der Waals surface area contributed by atoms with Crippen LogP contribution in [-0.4, -0.2) is 36.0 Å². The summed E-state index contributed by atoms with van der Waals surface area (Å²) in [5.41, 5.74) is 1.81. The Bertz CT molecular complexity index is 1120. The van der Waals surface area contributed by atoms with Crippen LogP contribution >= 0.6 is 0 Å². The van der Waals surface area contributed by atoms with Crippen molar-refractivity contribution in [3.63, 3.8) is 0 Å². The highest BCUT2D eigenvalue weighted by Crippen LogP contribution is 2.32. The fourth-order valence-electron chi connectivity index (χ4n) is 2.61. The number of rotatable bonds is 4. The maximum Gasteiger partial charge on any atom is 0.255 e. The Balaban J connectivity index is 2.26. The summed E-state index contributed by atoms with van der Waals surface area (Å²) in [6.45, 7) is 1.39. The normalized spacial score (nSPS) is 11.5. The minimum absolute atomic E-state index is 0.245. The minimum atomic E-state index is -4.00. The number of sulfonamides is 1. The number of pyridine rings is 2. The average molecular weight is 375 g/mol. The molecule has 3 rings (SSSR count). The van der Waals surface area contributed by atoms with Crippen molar-refractivity contribution >= 4 is 32.7 Å². The van der Waals surface area contributed by atoms with Crippen LogP contribution in [0.4, 0.5) is 5.82 Å². The van der Waals surface area contributed by atoms with Gasteiger partial charge in [-0.05, 0) is 6.07 Å². The van der Waals surface area contributed by atoms with Gasteiger partial charge in [-0.1, -0.05) is 0 Å². The number of hydrogen-bond donors (Lipinski definition) is 2. The fraction of sp³-hybridized carbons (Fsp3) is 0.188. The molecule has 0 saturated carbocycles. The second-order valence-corrected chi connectivity index (χ2v) is 7.21. The van der Waals surface area contributed by atoms with Crippen molar-refractivity contribution in [2.24, 2.45) is 12.2 Å². The van der Waals surface area contributed by atoms with Crippen LogP contribution in [0.2, 0.25) is 0 Å². The predicted octanol–water partition coefficient (Wildman–Crippen LogP) is 1.25. The van der Waals surface area contributed by atoms with E-state index in [9.17, 15) is 13.2 Å². The van der Waals surface area contributed by atoms with E-state index in [4.69, 9.17) is 9.88 Å². The monoisotopic (exact) mass is 375 g/mol. The number of aryl methyl sites for hydroxylation is 1. The third kappa shape index (κ3) is 3.37. The Morgan fingerprint density at radius 1 is 1.31 bits per heavy atom. The van der Waals surface area contributed by atoms with Crippen molar-refractivity contribution in [3.05, 3.63) is 30.6 Å². The number of nitrogens with zero attached hydrogens (tertiary/aromatic N) is 3. The molecule has 0 aliphatic heterocycles.